The summed E-state index contributed by atoms with van der Waals surface area (Å²) in [5.74, 6) is 1.70. The molecule has 0 spiro atoms. The monoisotopic (exact) mass is 250 g/mol. The Kier molecular flexibility index (Phi) is 4.36. The van der Waals surface area contributed by atoms with Gasteiger partial charge in [-0.2, -0.15) is 0 Å². The maximum atomic E-state index is 10.1. The van der Waals surface area contributed by atoms with Gasteiger partial charge in [0, 0.05) is 19.7 Å². The third-order valence-electron chi connectivity index (χ3n) is 3.56. The molecule has 0 radical (unpaired) electrons. The quantitative estimate of drug-likeness (QED) is 0.851. The van der Waals surface area contributed by atoms with E-state index in [0.29, 0.717) is 0 Å². The summed E-state index contributed by atoms with van der Waals surface area (Å²) in [6.45, 7) is 2.88. The molecule has 2 atom stereocenters. The molecule has 0 aromatic carbocycles. The second-order valence-electron chi connectivity index (χ2n) is 4.82. The van der Waals surface area contributed by atoms with Crippen LogP contribution in [0.25, 0.3) is 0 Å². The molecule has 0 aliphatic heterocycles. The standard InChI is InChI=1S/C13H22N4O/c1-3-14-12-8-13(16-9-15-12)17(2)10-6-4-5-7-11(10)18/h8-11,18H,3-7H2,1-2H3,(H,14,15,16). The Morgan fingerprint density at radius 2 is 2.17 bits per heavy atom. The lowest BCUT2D eigenvalue weighted by atomic mass is 9.91. The zero-order valence-electron chi connectivity index (χ0n) is 11.1. The van der Waals surface area contributed by atoms with Crippen LogP contribution in [0.3, 0.4) is 0 Å². The summed E-state index contributed by atoms with van der Waals surface area (Å²) >= 11 is 0. The van der Waals surface area contributed by atoms with Gasteiger partial charge in [-0.25, -0.2) is 9.97 Å². The first-order valence-corrected chi connectivity index (χ1v) is 6.69. The average Bonchev–Trinajstić information content (AvgIpc) is 2.39. The van der Waals surface area contributed by atoms with Crippen molar-refractivity contribution in [1.29, 1.82) is 0 Å². The van der Waals surface area contributed by atoms with E-state index in [0.717, 1.165) is 37.4 Å². The minimum Gasteiger partial charge on any atom is -0.391 e. The predicted molar refractivity (Wildman–Crippen MR) is 72.9 cm³/mol. The molecule has 1 aromatic rings. The maximum absolute atomic E-state index is 10.1. The summed E-state index contributed by atoms with van der Waals surface area (Å²) in [7, 11) is 2.00. The third-order valence-corrected chi connectivity index (χ3v) is 3.56. The van der Waals surface area contributed by atoms with Gasteiger partial charge in [0.15, 0.2) is 0 Å². The molecule has 18 heavy (non-hydrogen) atoms. The number of nitrogens with one attached hydrogen (secondary N) is 1. The fourth-order valence-corrected chi connectivity index (χ4v) is 2.53. The van der Waals surface area contributed by atoms with Gasteiger partial charge >= 0.3 is 0 Å². The van der Waals surface area contributed by atoms with Crippen molar-refractivity contribution in [2.24, 2.45) is 0 Å². The maximum Gasteiger partial charge on any atom is 0.134 e. The van der Waals surface area contributed by atoms with E-state index in [1.807, 2.05) is 20.0 Å². The van der Waals surface area contributed by atoms with Gasteiger partial charge in [-0.05, 0) is 19.8 Å². The van der Waals surface area contributed by atoms with Crippen LogP contribution in [0.1, 0.15) is 32.6 Å². The molecule has 0 saturated heterocycles. The number of nitrogens with zero attached hydrogens (tertiary/aromatic N) is 3. The second-order valence-corrected chi connectivity index (χ2v) is 4.82. The topological polar surface area (TPSA) is 61.3 Å². The Labute approximate surface area is 108 Å². The van der Waals surface area contributed by atoms with E-state index in [4.69, 9.17) is 0 Å². The van der Waals surface area contributed by atoms with Crippen LogP contribution in [0.4, 0.5) is 11.6 Å². The van der Waals surface area contributed by atoms with Gasteiger partial charge in [-0.15, -0.1) is 0 Å². The molecule has 0 amide bonds. The lowest BCUT2D eigenvalue weighted by Gasteiger charge is -2.35. The highest BCUT2D eigenvalue weighted by Crippen LogP contribution is 2.26. The lowest BCUT2D eigenvalue weighted by Crippen LogP contribution is -2.43. The molecule has 1 heterocycles. The Bertz CT molecular complexity index is 385. The first-order chi connectivity index (χ1) is 8.72. The predicted octanol–water partition coefficient (Wildman–Crippen LogP) is 1.65. The molecule has 1 aromatic heterocycles. The minimum atomic E-state index is -0.249. The van der Waals surface area contributed by atoms with Crippen LogP contribution in [0.2, 0.25) is 0 Å². The van der Waals surface area contributed by atoms with E-state index >= 15 is 0 Å². The van der Waals surface area contributed by atoms with Crippen molar-refractivity contribution in [2.75, 3.05) is 23.8 Å². The Hall–Kier alpha value is -1.36. The van der Waals surface area contributed by atoms with Crippen LogP contribution in [0.5, 0.6) is 0 Å². The van der Waals surface area contributed by atoms with E-state index in [2.05, 4.69) is 20.2 Å². The van der Waals surface area contributed by atoms with Gasteiger partial charge in [0.25, 0.3) is 0 Å². The number of hydrogen-bond acceptors (Lipinski definition) is 5. The summed E-state index contributed by atoms with van der Waals surface area (Å²) < 4.78 is 0. The summed E-state index contributed by atoms with van der Waals surface area (Å²) in [5, 5.41) is 13.2. The molecular weight excluding hydrogens is 228 g/mol. The smallest absolute Gasteiger partial charge is 0.134 e. The van der Waals surface area contributed by atoms with Crippen LogP contribution in [-0.4, -0.2) is 40.8 Å². The molecule has 5 heteroatoms. The highest BCUT2D eigenvalue weighted by Gasteiger charge is 2.27. The van der Waals surface area contributed by atoms with E-state index in [1.54, 1.807) is 6.33 Å². The van der Waals surface area contributed by atoms with Crippen LogP contribution >= 0.6 is 0 Å². The van der Waals surface area contributed by atoms with Gasteiger partial charge in [0.05, 0.1) is 12.1 Å². The summed E-state index contributed by atoms with van der Waals surface area (Å²) in [6, 6.07) is 2.10. The van der Waals surface area contributed by atoms with E-state index in [9.17, 15) is 5.11 Å². The number of aliphatic hydroxyl groups excluding tert-OH is 1. The summed E-state index contributed by atoms with van der Waals surface area (Å²) in [5.41, 5.74) is 0. The number of aliphatic hydroxyl groups is 1. The Balaban J connectivity index is 2.11. The first-order valence-electron chi connectivity index (χ1n) is 6.69. The van der Waals surface area contributed by atoms with Crippen LogP contribution in [0, 0.1) is 0 Å². The molecular formula is C13H22N4O. The van der Waals surface area contributed by atoms with Crippen molar-refractivity contribution in [3.05, 3.63) is 12.4 Å². The van der Waals surface area contributed by atoms with Crippen LogP contribution in [0.15, 0.2) is 12.4 Å². The fourth-order valence-electron chi connectivity index (χ4n) is 2.53. The Morgan fingerprint density at radius 3 is 2.89 bits per heavy atom. The summed E-state index contributed by atoms with van der Waals surface area (Å²) in [6.07, 6.45) is 5.54. The number of hydrogen-bond donors (Lipinski definition) is 2. The molecule has 5 nitrogen and oxygen atoms in total. The van der Waals surface area contributed by atoms with Gasteiger partial charge in [-0.1, -0.05) is 12.8 Å². The highest BCUT2D eigenvalue weighted by molar-refractivity contribution is 5.48. The molecule has 2 N–H and O–H groups in total. The number of aromatic nitrogens is 2. The second kappa shape index (κ2) is 6.00. The first kappa shape index (κ1) is 13.1. The van der Waals surface area contributed by atoms with Crippen molar-refractivity contribution in [2.45, 2.75) is 44.8 Å². The SMILES string of the molecule is CCNc1cc(N(C)C2CCCCC2O)ncn1. The number of rotatable bonds is 4. The van der Waals surface area contributed by atoms with E-state index in [1.165, 1.54) is 6.42 Å². The number of likely N-dealkylation sites (N-methyl/N-ethyl adjacent to an activating group) is 1. The van der Waals surface area contributed by atoms with E-state index in [-0.39, 0.29) is 12.1 Å². The van der Waals surface area contributed by atoms with Crippen molar-refractivity contribution < 1.29 is 5.11 Å². The fraction of sp³-hybridized carbons (Fsp3) is 0.692. The molecule has 1 aliphatic carbocycles. The van der Waals surface area contributed by atoms with Crippen molar-refractivity contribution in [3.8, 4) is 0 Å². The normalized spacial score (nSPS) is 23.7. The van der Waals surface area contributed by atoms with Crippen molar-refractivity contribution >= 4 is 11.6 Å². The van der Waals surface area contributed by atoms with E-state index < -0.39 is 0 Å². The lowest BCUT2D eigenvalue weighted by molar-refractivity contribution is 0.106. The highest BCUT2D eigenvalue weighted by atomic mass is 16.3. The molecule has 0 bridgehead atoms. The largest absolute Gasteiger partial charge is 0.391 e. The average molecular weight is 250 g/mol. The zero-order chi connectivity index (χ0) is 13.0. The molecule has 1 saturated carbocycles. The van der Waals surface area contributed by atoms with Gasteiger partial charge in [-0.3, -0.25) is 0 Å². The van der Waals surface area contributed by atoms with Gasteiger partial charge in [0.1, 0.15) is 18.0 Å². The third kappa shape index (κ3) is 2.90. The van der Waals surface area contributed by atoms with Crippen LogP contribution in [-0.2, 0) is 0 Å². The summed E-state index contributed by atoms with van der Waals surface area (Å²) in [4.78, 5) is 10.5. The number of anilines is 2. The van der Waals surface area contributed by atoms with Gasteiger partial charge < -0.3 is 15.3 Å². The molecule has 1 fully saturated rings. The molecule has 2 unspecified atom stereocenters. The van der Waals surface area contributed by atoms with Gasteiger partial charge in [0.2, 0.25) is 0 Å². The minimum absolute atomic E-state index is 0.170. The zero-order valence-corrected chi connectivity index (χ0v) is 11.1. The molecule has 100 valence electrons. The molecule has 2 rings (SSSR count). The Morgan fingerprint density at radius 1 is 1.39 bits per heavy atom. The molecule has 1 aliphatic rings. The van der Waals surface area contributed by atoms with Crippen molar-refractivity contribution in [3.63, 3.8) is 0 Å². The van der Waals surface area contributed by atoms with Crippen LogP contribution < -0.4 is 10.2 Å². The van der Waals surface area contributed by atoms with Crippen molar-refractivity contribution in [1.82, 2.24) is 9.97 Å².